The number of benzene rings is 1. The number of nitrogens with one attached hydrogen (secondary N) is 3. The third-order valence-electron chi connectivity index (χ3n) is 4.14. The van der Waals surface area contributed by atoms with E-state index >= 15 is 0 Å². The van der Waals surface area contributed by atoms with Gasteiger partial charge in [0.15, 0.2) is 0 Å². The zero-order valence-corrected chi connectivity index (χ0v) is 15.9. The average Bonchev–Trinajstić information content (AvgIpc) is 2.45. The highest BCUT2D eigenvalue weighted by atomic mass is 35.5. The number of piperidine rings is 1. The van der Waals surface area contributed by atoms with E-state index in [0.717, 1.165) is 6.07 Å². The van der Waals surface area contributed by atoms with Crippen LogP contribution in [0.3, 0.4) is 0 Å². The molecule has 3 N–H and O–H groups in total. The Bertz CT molecular complexity index is 732. The topological polar surface area (TPSA) is 113 Å². The van der Waals surface area contributed by atoms with Crippen LogP contribution in [0.2, 0.25) is 5.02 Å². The van der Waals surface area contributed by atoms with Gasteiger partial charge in [-0.2, -0.15) is 0 Å². The molecule has 1 fully saturated rings. The molecule has 2 rings (SSSR count). The number of amides is 2. The summed E-state index contributed by atoms with van der Waals surface area (Å²) in [6.07, 6.45) is 1.35. The van der Waals surface area contributed by atoms with Gasteiger partial charge in [-0.15, -0.1) is 0 Å². The van der Waals surface area contributed by atoms with E-state index in [-0.39, 0.29) is 33.5 Å². The fourth-order valence-electron chi connectivity index (χ4n) is 3.58. The minimum atomic E-state index is -0.915. The molecule has 0 bridgehead atoms. The van der Waals surface area contributed by atoms with Crippen LogP contribution in [0, 0.1) is 10.1 Å². The van der Waals surface area contributed by atoms with Crippen molar-refractivity contribution in [3.63, 3.8) is 0 Å². The molecule has 1 aromatic carbocycles. The molecule has 0 saturated carbocycles. The van der Waals surface area contributed by atoms with Crippen molar-refractivity contribution in [1.29, 1.82) is 0 Å². The summed E-state index contributed by atoms with van der Waals surface area (Å²) in [4.78, 5) is 34.6. The van der Waals surface area contributed by atoms with Gasteiger partial charge in [-0.3, -0.25) is 19.7 Å². The number of carbonyl (C=O) groups is 2. The summed E-state index contributed by atoms with van der Waals surface area (Å²) in [5.74, 6) is -1.72. The van der Waals surface area contributed by atoms with Gasteiger partial charge in [0.1, 0.15) is 0 Å². The minimum Gasteiger partial charge on any atom is -0.345 e. The van der Waals surface area contributed by atoms with Crippen LogP contribution in [0.5, 0.6) is 0 Å². The molecule has 1 heterocycles. The van der Waals surface area contributed by atoms with Gasteiger partial charge in [0.05, 0.1) is 15.6 Å². The van der Waals surface area contributed by atoms with E-state index in [1.54, 1.807) is 0 Å². The first-order chi connectivity index (χ1) is 11.9. The van der Waals surface area contributed by atoms with Crippen LogP contribution in [-0.2, 0) is 9.59 Å². The fourth-order valence-corrected chi connectivity index (χ4v) is 3.74. The number of nitrogens with zero attached hydrogens (tertiary/aromatic N) is 1. The van der Waals surface area contributed by atoms with Crippen LogP contribution >= 0.6 is 11.6 Å². The Morgan fingerprint density at radius 2 is 1.77 bits per heavy atom. The Hall–Kier alpha value is -2.19. The summed E-state index contributed by atoms with van der Waals surface area (Å²) in [6.45, 7) is 8.15. The first kappa shape index (κ1) is 20.1. The maximum atomic E-state index is 12.2. The molecule has 26 heavy (non-hydrogen) atoms. The molecular formula is C17H23ClN4O4. The lowest BCUT2D eigenvalue weighted by atomic mass is 9.79. The van der Waals surface area contributed by atoms with Gasteiger partial charge in [-0.05, 0) is 46.6 Å². The van der Waals surface area contributed by atoms with Crippen LogP contribution < -0.4 is 16.0 Å². The predicted octanol–water partition coefficient (Wildman–Crippen LogP) is 2.61. The molecule has 0 atom stereocenters. The molecular weight excluding hydrogens is 360 g/mol. The molecule has 1 aliphatic rings. The lowest BCUT2D eigenvalue weighted by Gasteiger charge is -2.46. The van der Waals surface area contributed by atoms with Crippen molar-refractivity contribution >= 4 is 34.8 Å². The third-order valence-corrected chi connectivity index (χ3v) is 4.47. The van der Waals surface area contributed by atoms with E-state index in [9.17, 15) is 19.7 Å². The zero-order valence-electron chi connectivity index (χ0n) is 15.2. The number of halogens is 1. The second-order valence-electron chi connectivity index (χ2n) is 7.85. The lowest BCUT2D eigenvalue weighted by Crippen LogP contribution is -2.62. The second kappa shape index (κ2) is 7.20. The Balaban J connectivity index is 2.05. The summed E-state index contributed by atoms with van der Waals surface area (Å²) in [5.41, 5.74) is -0.571. The van der Waals surface area contributed by atoms with Crippen molar-refractivity contribution in [2.24, 2.45) is 0 Å². The van der Waals surface area contributed by atoms with Gasteiger partial charge in [-0.25, -0.2) is 0 Å². The minimum absolute atomic E-state index is 0.0204. The summed E-state index contributed by atoms with van der Waals surface area (Å²) >= 11 is 5.94. The molecule has 0 radical (unpaired) electrons. The first-order valence-corrected chi connectivity index (χ1v) is 8.61. The maximum Gasteiger partial charge on any atom is 0.313 e. The molecule has 142 valence electrons. The molecule has 1 saturated heterocycles. The Morgan fingerprint density at radius 1 is 1.19 bits per heavy atom. The quantitative estimate of drug-likeness (QED) is 0.422. The number of nitro groups is 1. The Morgan fingerprint density at radius 3 is 2.31 bits per heavy atom. The van der Waals surface area contributed by atoms with Crippen LogP contribution in [0.15, 0.2) is 18.2 Å². The van der Waals surface area contributed by atoms with Crippen LogP contribution in [0.1, 0.15) is 40.5 Å². The van der Waals surface area contributed by atoms with Crippen LogP contribution in [0.25, 0.3) is 0 Å². The number of rotatable bonds is 3. The maximum absolute atomic E-state index is 12.2. The number of hydrogen-bond acceptors (Lipinski definition) is 5. The van der Waals surface area contributed by atoms with Gasteiger partial charge >= 0.3 is 11.8 Å². The number of nitro benzene ring substituents is 1. The van der Waals surface area contributed by atoms with Gasteiger partial charge in [0.25, 0.3) is 5.69 Å². The van der Waals surface area contributed by atoms with Gasteiger partial charge < -0.3 is 16.0 Å². The van der Waals surface area contributed by atoms with E-state index in [1.165, 1.54) is 12.1 Å². The number of non-ortho nitro benzene ring substituents is 1. The van der Waals surface area contributed by atoms with E-state index < -0.39 is 16.7 Å². The van der Waals surface area contributed by atoms with Gasteiger partial charge in [0.2, 0.25) is 0 Å². The molecule has 0 aromatic heterocycles. The van der Waals surface area contributed by atoms with E-state index in [0.29, 0.717) is 12.8 Å². The van der Waals surface area contributed by atoms with Crippen molar-refractivity contribution in [2.45, 2.75) is 57.7 Å². The average molecular weight is 383 g/mol. The highest BCUT2D eigenvalue weighted by Gasteiger charge is 2.38. The smallest absolute Gasteiger partial charge is 0.313 e. The molecule has 1 aromatic rings. The Labute approximate surface area is 156 Å². The summed E-state index contributed by atoms with van der Waals surface area (Å²) in [7, 11) is 0. The highest BCUT2D eigenvalue weighted by Crippen LogP contribution is 2.29. The number of anilines is 1. The SMILES string of the molecule is CC1(C)CC(NC(=O)C(=O)Nc2cc([N+](=O)[O-])ccc2Cl)CC(C)(C)N1. The number of carbonyl (C=O) groups excluding carboxylic acids is 2. The molecule has 2 amide bonds. The van der Waals surface area contributed by atoms with Crippen LogP contribution in [0.4, 0.5) is 11.4 Å². The van der Waals surface area contributed by atoms with Crippen molar-refractivity contribution < 1.29 is 14.5 Å². The standard InChI is InChI=1S/C17H23ClN4O4/c1-16(2)8-10(9-17(3,4)21-16)19-14(23)15(24)20-13-7-11(22(25)26)5-6-12(13)18/h5-7,10,21H,8-9H2,1-4H3,(H,19,23)(H,20,24). The fraction of sp³-hybridized carbons (Fsp3) is 0.529. The molecule has 0 spiro atoms. The molecule has 1 aliphatic heterocycles. The van der Waals surface area contributed by atoms with Gasteiger partial charge in [-0.1, -0.05) is 11.6 Å². The summed E-state index contributed by atoms with van der Waals surface area (Å²) < 4.78 is 0. The second-order valence-corrected chi connectivity index (χ2v) is 8.25. The Kier molecular flexibility index (Phi) is 5.58. The largest absolute Gasteiger partial charge is 0.345 e. The lowest BCUT2D eigenvalue weighted by molar-refractivity contribution is -0.384. The van der Waals surface area contributed by atoms with Crippen molar-refractivity contribution in [2.75, 3.05) is 5.32 Å². The van der Waals surface area contributed by atoms with E-state index in [4.69, 9.17) is 11.6 Å². The highest BCUT2D eigenvalue weighted by molar-refractivity contribution is 6.41. The normalized spacial score (nSPS) is 18.8. The van der Waals surface area contributed by atoms with Crippen molar-refractivity contribution in [1.82, 2.24) is 10.6 Å². The zero-order chi connectivity index (χ0) is 19.7. The van der Waals surface area contributed by atoms with E-state index in [1.807, 2.05) is 27.7 Å². The summed E-state index contributed by atoms with van der Waals surface area (Å²) in [6, 6.07) is 3.46. The monoisotopic (exact) mass is 382 g/mol. The van der Waals surface area contributed by atoms with Crippen molar-refractivity contribution in [3.05, 3.63) is 33.3 Å². The molecule has 0 unspecified atom stereocenters. The molecule has 8 nitrogen and oxygen atoms in total. The van der Waals surface area contributed by atoms with Crippen LogP contribution in [-0.4, -0.2) is 33.9 Å². The predicted molar refractivity (Wildman–Crippen MR) is 99.2 cm³/mol. The van der Waals surface area contributed by atoms with Crippen molar-refractivity contribution in [3.8, 4) is 0 Å². The molecule has 0 aliphatic carbocycles. The first-order valence-electron chi connectivity index (χ1n) is 8.24. The third kappa shape index (κ3) is 5.15. The van der Waals surface area contributed by atoms with Gasteiger partial charge in [0, 0.05) is 29.3 Å². The summed E-state index contributed by atoms with van der Waals surface area (Å²) in [5, 5.41) is 19.5. The van der Waals surface area contributed by atoms with E-state index in [2.05, 4.69) is 16.0 Å². The number of hydrogen-bond donors (Lipinski definition) is 3. The molecule has 9 heteroatoms.